The number of carbonyl (C=O) groups excluding carboxylic acids is 1. The van der Waals surface area contributed by atoms with Gasteiger partial charge in [0.2, 0.25) is 0 Å². The number of aromatic carboxylic acids is 1. The largest absolute Gasteiger partial charge is 0.478 e. The number of aryl methyl sites for hydroxylation is 2. The van der Waals surface area contributed by atoms with Crippen LogP contribution in [0.25, 0.3) is 0 Å². The number of anilines is 4. The minimum absolute atomic E-state index is 0.0867. The summed E-state index contributed by atoms with van der Waals surface area (Å²) in [5.74, 6) is -2.79. The molecule has 4 aromatic carbocycles. The Morgan fingerprint density at radius 1 is 0.596 bits per heavy atom. The number of hydrogen-bond donors (Lipinski definition) is 5. The lowest BCUT2D eigenvalue weighted by Crippen LogP contribution is -2.24. The van der Waals surface area contributed by atoms with Gasteiger partial charge in [-0.1, -0.05) is 38.9 Å². The van der Waals surface area contributed by atoms with Crippen molar-refractivity contribution in [3.05, 3.63) is 95.1 Å². The number of benzene rings is 4. The molecule has 0 spiro atoms. The van der Waals surface area contributed by atoms with Gasteiger partial charge in [0.25, 0.3) is 5.91 Å². The smallest absolute Gasteiger partial charge is 0.335 e. The predicted molar refractivity (Wildman–Crippen MR) is 198 cm³/mol. The molecule has 0 atom stereocenters. The van der Waals surface area contributed by atoms with E-state index in [0.717, 1.165) is 48.9 Å². The number of carboxylic acid groups (broad SMARTS) is 1. The van der Waals surface area contributed by atoms with Crippen LogP contribution in [0.4, 0.5) is 61.6 Å². The van der Waals surface area contributed by atoms with E-state index in [4.69, 9.17) is 16.6 Å². The zero-order chi connectivity index (χ0) is 44.1. The molecule has 0 saturated heterocycles. The Morgan fingerprint density at radius 2 is 0.912 bits per heavy atom. The Balaban J connectivity index is 0.000000307. The summed E-state index contributed by atoms with van der Waals surface area (Å²) in [6.07, 6.45) is 1.67. The van der Waals surface area contributed by atoms with Crippen LogP contribution in [0.2, 0.25) is 0 Å². The maximum Gasteiger partial charge on any atom is 0.335 e. The first-order chi connectivity index (χ1) is 25.2. The number of amides is 1. The standard InChI is InChI=1S/C16H17F5N4O3S2.C15H14F5NO4S2/c1-9-7-13(14(29(2,27)28)8-12(9)15(26)25-16(22)23)24-10-3-5-11(6-4-10)30(17,18,19,20)21;1-9-7-13(14(26(2,24)25)8-12(9)15(22)23)21-10-3-5-11(6-4-10)27(16,17,18,19)20/h3-8,24H,1-2H3,(H4,22,23,25,26);3-8,21H,1-2H3,(H,22,23). The molecule has 12 nitrogen and oxygen atoms in total. The van der Waals surface area contributed by atoms with Gasteiger partial charge < -0.3 is 27.2 Å². The number of halogens is 10. The number of carbonyl (C=O) groups is 2. The highest BCUT2D eigenvalue weighted by Gasteiger charge is 2.66. The first-order valence-corrected chi connectivity index (χ1v) is 22.6. The van der Waals surface area contributed by atoms with Crippen molar-refractivity contribution in [1.82, 2.24) is 0 Å². The summed E-state index contributed by atoms with van der Waals surface area (Å²) < 4.78 is 176. The molecule has 0 aromatic heterocycles. The number of nitrogens with two attached hydrogens (primary N) is 2. The second kappa shape index (κ2) is 13.4. The first kappa shape index (κ1) is 46.2. The third-order valence-electron chi connectivity index (χ3n) is 7.30. The van der Waals surface area contributed by atoms with E-state index in [0.29, 0.717) is 0 Å². The highest BCUT2D eigenvalue weighted by atomic mass is 32.5. The van der Waals surface area contributed by atoms with Crippen LogP contribution in [0, 0.1) is 13.8 Å². The topological polar surface area (TPSA) is 211 Å². The lowest BCUT2D eigenvalue weighted by atomic mass is 10.1. The van der Waals surface area contributed by atoms with Crippen molar-refractivity contribution >= 4 is 80.7 Å². The number of sulfone groups is 2. The van der Waals surface area contributed by atoms with E-state index in [1.807, 2.05) is 0 Å². The van der Waals surface area contributed by atoms with E-state index in [-0.39, 0.29) is 74.2 Å². The van der Waals surface area contributed by atoms with Crippen LogP contribution < -0.4 is 22.1 Å². The quantitative estimate of drug-likeness (QED) is 0.0574. The molecule has 316 valence electrons. The number of carboxylic acids is 1. The highest BCUT2D eigenvalue weighted by molar-refractivity contribution is 8.46. The molecule has 7 N–H and O–H groups in total. The molecule has 0 aliphatic carbocycles. The van der Waals surface area contributed by atoms with Crippen LogP contribution in [0.15, 0.2) is 97.4 Å². The summed E-state index contributed by atoms with van der Waals surface area (Å²) in [6.45, 7) is 2.85. The van der Waals surface area contributed by atoms with Crippen LogP contribution in [0.5, 0.6) is 0 Å². The summed E-state index contributed by atoms with van der Waals surface area (Å²) in [5, 5.41) is 14.2. The van der Waals surface area contributed by atoms with Crippen molar-refractivity contribution in [2.75, 3.05) is 23.1 Å². The third kappa shape index (κ3) is 12.4. The molecule has 4 rings (SSSR count). The molecule has 0 unspecified atom stereocenters. The van der Waals surface area contributed by atoms with E-state index in [1.54, 1.807) is 0 Å². The Morgan fingerprint density at radius 3 is 1.19 bits per heavy atom. The molecule has 4 aromatic rings. The lowest BCUT2D eigenvalue weighted by molar-refractivity contribution is 0.0695. The van der Waals surface area contributed by atoms with Crippen LogP contribution in [-0.4, -0.2) is 52.3 Å². The van der Waals surface area contributed by atoms with Crippen molar-refractivity contribution in [2.24, 2.45) is 16.5 Å². The normalized spacial score (nSPS) is 14.6. The second-order valence-electron chi connectivity index (χ2n) is 12.3. The summed E-state index contributed by atoms with van der Waals surface area (Å²) in [6, 6.07) is 8.00. The Kier molecular flexibility index (Phi) is 10.9. The number of nitrogens with one attached hydrogen (secondary N) is 2. The lowest BCUT2D eigenvalue weighted by Gasteiger charge is -2.40. The molecule has 0 bridgehead atoms. The van der Waals surface area contributed by atoms with Crippen LogP contribution in [0.3, 0.4) is 0 Å². The number of aliphatic imine (C=N–C) groups is 1. The minimum Gasteiger partial charge on any atom is -0.478 e. The van der Waals surface area contributed by atoms with Crippen LogP contribution in [0.1, 0.15) is 31.8 Å². The zero-order valence-corrected chi connectivity index (χ0v) is 32.6. The summed E-state index contributed by atoms with van der Waals surface area (Å²) >= 11 is 0. The maximum absolute atomic E-state index is 12.8. The van der Waals surface area contributed by atoms with Crippen LogP contribution in [-0.2, 0) is 19.7 Å². The average Bonchev–Trinajstić information content (AvgIpc) is 2.98. The fourth-order valence-corrected chi connectivity index (χ4v) is 7.71. The van der Waals surface area contributed by atoms with Gasteiger partial charge >= 0.3 is 26.4 Å². The molecule has 0 saturated carbocycles. The summed E-state index contributed by atoms with van der Waals surface area (Å²) in [5.41, 5.74) is 9.99. The maximum atomic E-state index is 12.8. The summed E-state index contributed by atoms with van der Waals surface area (Å²) in [7, 11) is -27.5. The fourth-order valence-electron chi connectivity index (χ4n) is 4.73. The number of rotatable bonds is 10. The van der Waals surface area contributed by atoms with E-state index >= 15 is 0 Å². The van der Waals surface area contributed by atoms with Gasteiger partial charge in [0.15, 0.2) is 25.6 Å². The Labute approximate surface area is 318 Å². The Bertz CT molecular complexity index is 2560. The van der Waals surface area contributed by atoms with Crippen molar-refractivity contribution in [1.29, 1.82) is 0 Å². The summed E-state index contributed by atoms with van der Waals surface area (Å²) in [4.78, 5) is 21.6. The number of guanidine groups is 1. The van der Waals surface area contributed by atoms with Gasteiger partial charge in [-0.15, -0.1) is 0 Å². The molecule has 57 heavy (non-hydrogen) atoms. The number of hydrogen-bond acceptors (Lipinski definition) is 8. The molecule has 0 heterocycles. The molecule has 1 amide bonds. The van der Waals surface area contributed by atoms with E-state index < -0.39 is 72.6 Å². The van der Waals surface area contributed by atoms with E-state index in [1.165, 1.54) is 26.0 Å². The van der Waals surface area contributed by atoms with Gasteiger partial charge in [0.05, 0.1) is 26.7 Å². The molecule has 0 fully saturated rings. The molecule has 0 aliphatic rings. The van der Waals surface area contributed by atoms with Crippen molar-refractivity contribution in [3.8, 4) is 0 Å². The average molecular weight is 904 g/mol. The molecule has 0 aliphatic heterocycles. The van der Waals surface area contributed by atoms with Crippen molar-refractivity contribution < 1.29 is 70.4 Å². The number of nitrogens with zero attached hydrogens (tertiary/aromatic N) is 1. The van der Waals surface area contributed by atoms with E-state index in [2.05, 4.69) is 15.6 Å². The molecular formula is C31H31F10N5O7S4. The predicted octanol–water partition coefficient (Wildman–Crippen LogP) is 9.71. The third-order valence-corrected chi connectivity index (χ3v) is 11.9. The van der Waals surface area contributed by atoms with E-state index in [9.17, 15) is 65.3 Å². The van der Waals surface area contributed by atoms with Crippen molar-refractivity contribution in [2.45, 2.75) is 33.4 Å². The monoisotopic (exact) mass is 903 g/mol. The Hall–Kier alpha value is -5.21. The first-order valence-electron chi connectivity index (χ1n) is 15.0. The molecule has 0 radical (unpaired) electrons. The van der Waals surface area contributed by atoms with Gasteiger partial charge in [-0.3, -0.25) is 4.79 Å². The fraction of sp³-hybridized carbons (Fsp3) is 0.129. The van der Waals surface area contributed by atoms with Crippen LogP contribution >= 0.6 is 20.4 Å². The molecule has 26 heteroatoms. The second-order valence-corrected chi connectivity index (χ2v) is 21.0. The minimum atomic E-state index is -9.84. The van der Waals surface area contributed by atoms with Gasteiger partial charge in [0, 0.05) is 29.4 Å². The zero-order valence-electron chi connectivity index (χ0n) is 29.3. The van der Waals surface area contributed by atoms with Gasteiger partial charge in [-0.2, -0.15) is 4.99 Å². The highest BCUT2D eigenvalue weighted by Crippen LogP contribution is 3.02. The van der Waals surface area contributed by atoms with Gasteiger partial charge in [0.1, 0.15) is 9.79 Å². The van der Waals surface area contributed by atoms with Crippen molar-refractivity contribution in [3.63, 3.8) is 0 Å². The van der Waals surface area contributed by atoms with Gasteiger partial charge in [-0.25, -0.2) is 21.6 Å². The van der Waals surface area contributed by atoms with Gasteiger partial charge in [-0.05, 0) is 97.8 Å². The SMILES string of the molecule is Cc1cc(Nc2ccc(S(F)(F)(F)(F)F)cc2)c(S(C)(=O)=O)cc1C(=O)N=C(N)N.Cc1cc(Nc2ccc(S(F)(F)(F)(F)F)cc2)c(S(C)(=O)=O)cc1C(=O)O. The molecular weight excluding hydrogens is 873 g/mol.